The first kappa shape index (κ1) is 23.8. The van der Waals surface area contributed by atoms with Gasteiger partial charge in [-0.1, -0.05) is 12.1 Å². The molecule has 0 bridgehead atoms. The van der Waals surface area contributed by atoms with Crippen molar-refractivity contribution in [3.05, 3.63) is 88.2 Å². The summed E-state index contributed by atoms with van der Waals surface area (Å²) in [6.45, 7) is 4.19. The van der Waals surface area contributed by atoms with Crippen molar-refractivity contribution in [2.75, 3.05) is 7.11 Å². The van der Waals surface area contributed by atoms with Crippen molar-refractivity contribution < 1.29 is 14.3 Å². The van der Waals surface area contributed by atoms with Crippen molar-refractivity contribution in [2.24, 2.45) is 0 Å². The molecule has 2 amide bonds. The van der Waals surface area contributed by atoms with Gasteiger partial charge in [-0.05, 0) is 86.4 Å². The summed E-state index contributed by atoms with van der Waals surface area (Å²) in [6.07, 6.45) is 3.69. The van der Waals surface area contributed by atoms with Crippen LogP contribution in [-0.4, -0.2) is 29.5 Å². The SMILES string of the molecule is COc1ccc(-n2c(C)cc(/C=C(\C#N)C(=O)NCc3ccc(C(=O)NC4CC4)cc3)c2C)cc1. The van der Waals surface area contributed by atoms with Gasteiger partial charge in [-0.25, -0.2) is 0 Å². The number of aromatic nitrogens is 1. The highest BCUT2D eigenvalue weighted by molar-refractivity contribution is 6.01. The van der Waals surface area contributed by atoms with Crippen LogP contribution in [0.25, 0.3) is 11.8 Å². The molecule has 2 N–H and O–H groups in total. The summed E-state index contributed by atoms with van der Waals surface area (Å²) in [5.74, 6) is 0.248. The Morgan fingerprint density at radius 2 is 1.80 bits per heavy atom. The summed E-state index contributed by atoms with van der Waals surface area (Å²) in [5.41, 5.74) is 5.15. The van der Waals surface area contributed by atoms with Gasteiger partial charge < -0.3 is 19.9 Å². The summed E-state index contributed by atoms with van der Waals surface area (Å²) < 4.78 is 7.30. The molecule has 2 aromatic carbocycles. The first-order chi connectivity index (χ1) is 16.9. The third-order valence-corrected chi connectivity index (χ3v) is 6.05. The minimum Gasteiger partial charge on any atom is -0.497 e. The van der Waals surface area contributed by atoms with E-state index >= 15 is 0 Å². The number of nitrogens with zero attached hydrogens (tertiary/aromatic N) is 2. The molecule has 3 aromatic rings. The van der Waals surface area contributed by atoms with E-state index in [1.807, 2.05) is 50.2 Å². The molecule has 0 atom stereocenters. The smallest absolute Gasteiger partial charge is 0.262 e. The number of benzene rings is 2. The zero-order chi connectivity index (χ0) is 24.9. The van der Waals surface area contributed by atoms with Gasteiger partial charge in [0.2, 0.25) is 0 Å². The molecule has 1 fully saturated rings. The summed E-state index contributed by atoms with van der Waals surface area (Å²) in [5, 5.41) is 15.4. The van der Waals surface area contributed by atoms with Gasteiger partial charge >= 0.3 is 0 Å². The molecule has 1 aliphatic carbocycles. The standard InChI is InChI=1S/C28H28N4O3/c1-18-14-22(19(2)32(18)25-10-12-26(35-3)13-11-25)15-23(16-29)27(33)30-17-20-4-6-21(7-5-20)28(34)31-24-8-9-24/h4-7,10-15,24H,8-9,17H2,1-3H3,(H,30,33)(H,31,34)/b23-15+. The normalized spacial score (nSPS) is 13.1. The summed E-state index contributed by atoms with van der Waals surface area (Å²) in [6, 6.07) is 19.1. The molecule has 0 saturated heterocycles. The quantitative estimate of drug-likeness (QED) is 0.382. The molecule has 1 saturated carbocycles. The number of nitriles is 1. The average Bonchev–Trinajstić information content (AvgIpc) is 3.64. The van der Waals surface area contributed by atoms with E-state index in [2.05, 4.69) is 15.2 Å². The Morgan fingerprint density at radius 3 is 2.40 bits per heavy atom. The van der Waals surface area contributed by atoms with E-state index in [0.29, 0.717) is 11.6 Å². The summed E-state index contributed by atoms with van der Waals surface area (Å²) in [7, 11) is 1.63. The van der Waals surface area contributed by atoms with E-state index in [1.54, 1.807) is 37.5 Å². The van der Waals surface area contributed by atoms with Crippen molar-refractivity contribution in [3.63, 3.8) is 0 Å². The highest BCUT2D eigenvalue weighted by Gasteiger charge is 2.23. The summed E-state index contributed by atoms with van der Waals surface area (Å²) in [4.78, 5) is 24.8. The maximum atomic E-state index is 12.7. The molecule has 4 rings (SSSR count). The van der Waals surface area contributed by atoms with Gasteiger partial charge in [0.15, 0.2) is 0 Å². The van der Waals surface area contributed by atoms with Crippen molar-refractivity contribution in [2.45, 2.75) is 39.3 Å². The Hall–Kier alpha value is -4.31. The lowest BCUT2D eigenvalue weighted by atomic mass is 10.1. The number of amides is 2. The molecule has 0 unspecified atom stereocenters. The van der Waals surface area contributed by atoms with E-state index in [1.165, 1.54) is 0 Å². The van der Waals surface area contributed by atoms with Gasteiger partial charge in [-0.15, -0.1) is 0 Å². The fraction of sp³-hybridized carbons (Fsp3) is 0.250. The van der Waals surface area contributed by atoms with Crippen LogP contribution in [0, 0.1) is 25.2 Å². The minimum absolute atomic E-state index is 0.0282. The topological polar surface area (TPSA) is 96.2 Å². The van der Waals surface area contributed by atoms with Crippen molar-refractivity contribution in [1.29, 1.82) is 5.26 Å². The van der Waals surface area contributed by atoms with E-state index in [0.717, 1.165) is 46.8 Å². The van der Waals surface area contributed by atoms with Crippen molar-refractivity contribution in [3.8, 4) is 17.5 Å². The lowest BCUT2D eigenvalue weighted by Crippen LogP contribution is -2.25. The van der Waals surface area contributed by atoms with Crippen LogP contribution in [0.5, 0.6) is 5.75 Å². The zero-order valence-corrected chi connectivity index (χ0v) is 20.1. The van der Waals surface area contributed by atoms with Crippen LogP contribution in [0.1, 0.15) is 45.7 Å². The summed E-state index contributed by atoms with van der Waals surface area (Å²) >= 11 is 0. The van der Waals surface area contributed by atoms with Gasteiger partial charge in [0.05, 0.1) is 7.11 Å². The Bertz CT molecular complexity index is 1310. The third kappa shape index (κ3) is 5.61. The molecular weight excluding hydrogens is 440 g/mol. The lowest BCUT2D eigenvalue weighted by Gasteiger charge is -2.10. The van der Waals surface area contributed by atoms with Crippen LogP contribution < -0.4 is 15.4 Å². The zero-order valence-electron chi connectivity index (χ0n) is 20.1. The number of carbonyl (C=O) groups is 2. The second kappa shape index (κ2) is 10.3. The van der Waals surface area contributed by atoms with E-state index in [4.69, 9.17) is 4.74 Å². The number of carbonyl (C=O) groups excluding carboxylic acids is 2. The fourth-order valence-electron chi connectivity index (χ4n) is 3.91. The highest BCUT2D eigenvalue weighted by Crippen LogP contribution is 2.24. The van der Waals surface area contributed by atoms with Crippen LogP contribution in [-0.2, 0) is 11.3 Å². The van der Waals surface area contributed by atoms with Crippen LogP contribution in [0.2, 0.25) is 0 Å². The maximum absolute atomic E-state index is 12.7. The van der Waals surface area contributed by atoms with Crippen LogP contribution in [0.3, 0.4) is 0 Å². The molecular formula is C28H28N4O3. The lowest BCUT2D eigenvalue weighted by molar-refractivity contribution is -0.117. The number of hydrogen-bond donors (Lipinski definition) is 2. The Labute approximate surface area is 205 Å². The second-order valence-electron chi connectivity index (χ2n) is 8.66. The van der Waals surface area contributed by atoms with Gasteiger partial charge in [0.25, 0.3) is 11.8 Å². The van der Waals surface area contributed by atoms with E-state index in [-0.39, 0.29) is 18.0 Å². The van der Waals surface area contributed by atoms with Gasteiger partial charge in [-0.2, -0.15) is 5.26 Å². The number of aryl methyl sites for hydroxylation is 1. The molecule has 7 nitrogen and oxygen atoms in total. The molecule has 0 spiro atoms. The average molecular weight is 469 g/mol. The monoisotopic (exact) mass is 468 g/mol. The number of rotatable bonds is 8. The molecule has 1 aromatic heterocycles. The number of nitrogens with one attached hydrogen (secondary N) is 2. The van der Waals surface area contributed by atoms with Crippen molar-refractivity contribution in [1.82, 2.24) is 15.2 Å². The Balaban J connectivity index is 1.44. The first-order valence-electron chi connectivity index (χ1n) is 11.5. The van der Waals surface area contributed by atoms with Crippen LogP contribution >= 0.6 is 0 Å². The minimum atomic E-state index is -0.447. The molecule has 35 heavy (non-hydrogen) atoms. The molecule has 0 aliphatic heterocycles. The third-order valence-electron chi connectivity index (χ3n) is 6.05. The predicted molar refractivity (Wildman–Crippen MR) is 134 cm³/mol. The highest BCUT2D eigenvalue weighted by atomic mass is 16.5. The molecule has 0 radical (unpaired) electrons. The first-order valence-corrected chi connectivity index (χ1v) is 11.5. The van der Waals surface area contributed by atoms with Gasteiger partial charge in [0, 0.05) is 35.2 Å². The van der Waals surface area contributed by atoms with Crippen molar-refractivity contribution >= 4 is 17.9 Å². The number of methoxy groups -OCH3 is 1. The van der Waals surface area contributed by atoms with Gasteiger partial charge in [0.1, 0.15) is 17.4 Å². The maximum Gasteiger partial charge on any atom is 0.262 e. The van der Waals surface area contributed by atoms with E-state index in [9.17, 15) is 14.9 Å². The van der Waals surface area contributed by atoms with Crippen LogP contribution in [0.15, 0.2) is 60.2 Å². The van der Waals surface area contributed by atoms with Gasteiger partial charge in [-0.3, -0.25) is 9.59 Å². The molecule has 1 aliphatic rings. The van der Waals surface area contributed by atoms with E-state index < -0.39 is 5.91 Å². The second-order valence-corrected chi connectivity index (χ2v) is 8.66. The largest absolute Gasteiger partial charge is 0.497 e. The fourth-order valence-corrected chi connectivity index (χ4v) is 3.91. The molecule has 7 heteroatoms. The Kier molecular flexibility index (Phi) is 7.02. The molecule has 178 valence electrons. The predicted octanol–water partition coefficient (Wildman–Crippen LogP) is 4.22. The Morgan fingerprint density at radius 1 is 1.11 bits per heavy atom. The number of ether oxygens (including phenoxy) is 1. The van der Waals surface area contributed by atoms with Crippen LogP contribution in [0.4, 0.5) is 0 Å². The molecule has 1 heterocycles. The number of hydrogen-bond acceptors (Lipinski definition) is 4.